The van der Waals surface area contributed by atoms with Gasteiger partial charge in [0.15, 0.2) is 5.11 Å². The number of carbonyl (C=O) groups excluding carboxylic acids is 5. The molecular weight excluding hydrogens is 468 g/mol. The Balaban J connectivity index is 1.72. The van der Waals surface area contributed by atoms with Gasteiger partial charge >= 0.3 is 6.03 Å². The van der Waals surface area contributed by atoms with Gasteiger partial charge in [-0.05, 0) is 92.5 Å². The molecule has 4 rings (SSSR count). The first-order valence-electron chi connectivity index (χ1n) is 10.7. The number of urea groups is 1. The Morgan fingerprint density at radius 1 is 0.771 bits per heavy atom. The number of aryl methyl sites for hydroxylation is 4. The fraction of sp³-hybridized carbons (Fsp3) is 0.200. The number of barbiturate groups is 1. The number of hydrogen-bond acceptors (Lipinski definition) is 6. The van der Waals surface area contributed by atoms with Crippen LogP contribution in [0.4, 0.5) is 16.2 Å². The molecule has 2 saturated heterocycles. The number of benzene rings is 2. The molecule has 6 amide bonds. The zero-order chi connectivity index (χ0) is 25.6. The number of carbonyl (C=O) groups is 5. The van der Waals surface area contributed by atoms with Crippen LogP contribution >= 0.6 is 12.2 Å². The summed E-state index contributed by atoms with van der Waals surface area (Å²) in [4.78, 5) is 66.3. The number of hydrogen-bond donors (Lipinski definition) is 2. The molecule has 9 nitrogen and oxygen atoms in total. The molecule has 2 aromatic carbocycles. The molecule has 0 radical (unpaired) electrons. The molecule has 0 aliphatic carbocycles. The van der Waals surface area contributed by atoms with Crippen molar-refractivity contribution < 1.29 is 24.0 Å². The average Bonchev–Trinajstić information content (AvgIpc) is 2.77. The molecule has 0 aromatic heterocycles. The van der Waals surface area contributed by atoms with Gasteiger partial charge in [-0.15, -0.1) is 0 Å². The predicted octanol–water partition coefficient (Wildman–Crippen LogP) is 2.49. The van der Waals surface area contributed by atoms with E-state index in [4.69, 9.17) is 12.2 Å². The van der Waals surface area contributed by atoms with Crippen LogP contribution in [0.1, 0.15) is 22.3 Å². The lowest BCUT2D eigenvalue weighted by Gasteiger charge is -2.32. The zero-order valence-corrected chi connectivity index (χ0v) is 20.3. The third-order valence-electron chi connectivity index (χ3n) is 6.13. The van der Waals surface area contributed by atoms with Gasteiger partial charge in [0.1, 0.15) is 11.5 Å². The smallest absolute Gasteiger partial charge is 0.301 e. The molecule has 2 fully saturated rings. The number of nitrogens with one attached hydrogen (secondary N) is 2. The molecule has 0 saturated carbocycles. The van der Waals surface area contributed by atoms with Gasteiger partial charge in [0.25, 0.3) is 11.8 Å². The van der Waals surface area contributed by atoms with Crippen LogP contribution in [-0.4, -0.2) is 34.8 Å². The minimum atomic E-state index is -1.51. The van der Waals surface area contributed by atoms with Gasteiger partial charge in [-0.25, -0.2) is 9.69 Å². The molecular formula is C25H22N4O5S. The molecule has 178 valence electrons. The molecule has 2 heterocycles. The van der Waals surface area contributed by atoms with Gasteiger partial charge in [-0.3, -0.25) is 29.4 Å². The van der Waals surface area contributed by atoms with Crippen molar-refractivity contribution in [1.29, 1.82) is 0 Å². The van der Waals surface area contributed by atoms with Crippen LogP contribution < -0.4 is 20.4 Å². The summed E-state index contributed by atoms with van der Waals surface area (Å²) in [7, 11) is 0. The van der Waals surface area contributed by atoms with E-state index in [0.717, 1.165) is 38.1 Å². The van der Waals surface area contributed by atoms with Crippen molar-refractivity contribution in [2.75, 3.05) is 9.80 Å². The lowest BCUT2D eigenvalue weighted by molar-refractivity contribution is -0.131. The fourth-order valence-electron chi connectivity index (χ4n) is 3.79. The van der Waals surface area contributed by atoms with E-state index in [1.54, 1.807) is 30.3 Å². The molecule has 2 aromatic rings. The third kappa shape index (κ3) is 4.24. The lowest BCUT2D eigenvalue weighted by Crippen LogP contribution is -2.59. The van der Waals surface area contributed by atoms with E-state index in [9.17, 15) is 24.0 Å². The first kappa shape index (κ1) is 24.0. The van der Waals surface area contributed by atoms with Crippen molar-refractivity contribution in [3.8, 4) is 0 Å². The highest BCUT2D eigenvalue weighted by Gasteiger charge is 2.42. The summed E-state index contributed by atoms with van der Waals surface area (Å²) in [6.45, 7) is 7.49. The highest BCUT2D eigenvalue weighted by atomic mass is 32.1. The molecule has 35 heavy (non-hydrogen) atoms. The Kier molecular flexibility index (Phi) is 6.08. The minimum Gasteiger partial charge on any atom is -0.301 e. The molecule has 2 aliphatic rings. The van der Waals surface area contributed by atoms with Crippen LogP contribution in [0.2, 0.25) is 0 Å². The molecule has 10 heteroatoms. The van der Waals surface area contributed by atoms with Gasteiger partial charge < -0.3 is 5.32 Å². The van der Waals surface area contributed by atoms with E-state index < -0.39 is 41.2 Å². The second kappa shape index (κ2) is 8.88. The maximum absolute atomic E-state index is 13.3. The van der Waals surface area contributed by atoms with E-state index in [1.165, 1.54) is 0 Å². The van der Waals surface area contributed by atoms with Crippen LogP contribution in [0, 0.1) is 33.6 Å². The monoisotopic (exact) mass is 490 g/mol. The molecule has 2 aliphatic heterocycles. The molecule has 1 atom stereocenters. The molecule has 2 N–H and O–H groups in total. The maximum atomic E-state index is 13.3. The van der Waals surface area contributed by atoms with Crippen LogP contribution in [0.5, 0.6) is 0 Å². The van der Waals surface area contributed by atoms with Crippen LogP contribution in [0.25, 0.3) is 0 Å². The Labute approximate surface area is 206 Å². The topological polar surface area (TPSA) is 116 Å². The van der Waals surface area contributed by atoms with Crippen molar-refractivity contribution in [2.24, 2.45) is 5.92 Å². The number of rotatable bonds is 3. The van der Waals surface area contributed by atoms with E-state index >= 15 is 0 Å². The first-order chi connectivity index (χ1) is 16.5. The van der Waals surface area contributed by atoms with Crippen molar-refractivity contribution in [2.45, 2.75) is 27.7 Å². The summed E-state index contributed by atoms with van der Waals surface area (Å²) in [5.74, 6) is -4.93. The van der Waals surface area contributed by atoms with Crippen molar-refractivity contribution in [3.63, 3.8) is 0 Å². The van der Waals surface area contributed by atoms with Crippen molar-refractivity contribution >= 4 is 58.4 Å². The summed E-state index contributed by atoms with van der Waals surface area (Å²) in [6.07, 6.45) is 0.978. The summed E-state index contributed by atoms with van der Waals surface area (Å²) in [5.41, 5.74) is 3.91. The van der Waals surface area contributed by atoms with Crippen LogP contribution in [0.3, 0.4) is 0 Å². The van der Waals surface area contributed by atoms with Crippen LogP contribution in [-0.2, 0) is 19.2 Å². The SMILES string of the molecule is Cc1ccc(N2C(=O)NC(=O)/C(=C/[C@H]3C(=O)NC(=S)N(c4ccc(C)c(C)c4)C3=O)C2=O)cc1C. The Morgan fingerprint density at radius 3 is 1.86 bits per heavy atom. The summed E-state index contributed by atoms with van der Waals surface area (Å²) in [5, 5.41) is 4.45. The van der Waals surface area contributed by atoms with E-state index in [-0.39, 0.29) is 10.8 Å². The lowest BCUT2D eigenvalue weighted by atomic mass is 9.98. The Bertz CT molecular complexity index is 1380. The van der Waals surface area contributed by atoms with E-state index in [2.05, 4.69) is 10.6 Å². The van der Waals surface area contributed by atoms with Gasteiger partial charge in [0.05, 0.1) is 11.4 Å². The van der Waals surface area contributed by atoms with E-state index in [1.807, 2.05) is 33.8 Å². The minimum absolute atomic E-state index is 0.107. The van der Waals surface area contributed by atoms with Gasteiger partial charge in [-0.1, -0.05) is 12.1 Å². The fourth-order valence-corrected chi connectivity index (χ4v) is 4.09. The standard InChI is InChI=1S/C25H22N4O5S/c1-12-5-7-16(9-14(12)3)28-22(32)18(20(30)26-24(28)34)11-19-21(31)27-25(35)29(23(19)33)17-8-6-13(2)15(4)10-17/h5-11,19H,1-4H3,(H,26,30,34)(H,27,31,35)/b18-11-/t19-/m0/s1. The number of anilines is 2. The zero-order valence-electron chi connectivity index (χ0n) is 19.5. The second-order valence-corrected chi connectivity index (χ2v) is 8.85. The largest absolute Gasteiger partial charge is 0.335 e. The normalized spacial score (nSPS) is 19.9. The molecule has 0 unspecified atom stereocenters. The molecule has 0 spiro atoms. The highest BCUT2D eigenvalue weighted by molar-refractivity contribution is 7.80. The van der Waals surface area contributed by atoms with Crippen molar-refractivity contribution in [3.05, 3.63) is 70.3 Å². The van der Waals surface area contributed by atoms with Gasteiger partial charge in [-0.2, -0.15) is 0 Å². The third-order valence-corrected chi connectivity index (χ3v) is 6.42. The van der Waals surface area contributed by atoms with Crippen molar-refractivity contribution in [1.82, 2.24) is 10.6 Å². The quantitative estimate of drug-likeness (QED) is 0.296. The number of amides is 6. The number of thiocarbonyl (C=S) groups is 1. The molecule has 0 bridgehead atoms. The Hall–Kier alpha value is -4.18. The average molecular weight is 491 g/mol. The first-order valence-corrected chi connectivity index (χ1v) is 11.2. The van der Waals surface area contributed by atoms with Gasteiger partial charge in [0.2, 0.25) is 11.8 Å². The van der Waals surface area contributed by atoms with Crippen LogP contribution in [0.15, 0.2) is 48.0 Å². The predicted molar refractivity (Wildman–Crippen MR) is 133 cm³/mol. The van der Waals surface area contributed by atoms with Gasteiger partial charge in [0, 0.05) is 0 Å². The summed E-state index contributed by atoms with van der Waals surface area (Å²) >= 11 is 5.22. The van der Waals surface area contributed by atoms with E-state index in [0.29, 0.717) is 5.69 Å². The number of imide groups is 2. The summed E-state index contributed by atoms with van der Waals surface area (Å²) in [6, 6.07) is 9.29. The number of nitrogens with zero attached hydrogens (tertiary/aromatic N) is 2. The highest BCUT2D eigenvalue weighted by Crippen LogP contribution is 2.27. The Morgan fingerprint density at radius 2 is 1.31 bits per heavy atom. The summed E-state index contributed by atoms with van der Waals surface area (Å²) < 4.78 is 0. The maximum Gasteiger partial charge on any atom is 0.335 e. The second-order valence-electron chi connectivity index (χ2n) is 8.46.